The summed E-state index contributed by atoms with van der Waals surface area (Å²) < 4.78 is 5.41. The Hall–Kier alpha value is -1.29. The van der Waals surface area contributed by atoms with Gasteiger partial charge in [0.15, 0.2) is 0 Å². The molecule has 0 bridgehead atoms. The van der Waals surface area contributed by atoms with E-state index in [9.17, 15) is 4.79 Å². The van der Waals surface area contributed by atoms with Crippen LogP contribution in [0.5, 0.6) is 0 Å². The zero-order valence-electron chi connectivity index (χ0n) is 11.0. The van der Waals surface area contributed by atoms with E-state index in [0.717, 1.165) is 31.0 Å². The van der Waals surface area contributed by atoms with E-state index >= 15 is 0 Å². The predicted molar refractivity (Wildman–Crippen MR) is 70.1 cm³/mol. The van der Waals surface area contributed by atoms with Gasteiger partial charge in [0, 0.05) is 6.42 Å². The number of hydrogen-bond donors (Lipinski definition) is 2. The van der Waals surface area contributed by atoms with Crippen molar-refractivity contribution in [3.05, 3.63) is 23.7 Å². The van der Waals surface area contributed by atoms with Crippen LogP contribution in [0.3, 0.4) is 0 Å². The average molecular weight is 250 g/mol. The van der Waals surface area contributed by atoms with Gasteiger partial charge < -0.3 is 15.1 Å². The van der Waals surface area contributed by atoms with Gasteiger partial charge in [0.05, 0.1) is 6.54 Å². The summed E-state index contributed by atoms with van der Waals surface area (Å²) in [7, 11) is 0. The molecule has 1 aromatic rings. The van der Waals surface area contributed by atoms with Gasteiger partial charge >= 0.3 is 0 Å². The van der Waals surface area contributed by atoms with Gasteiger partial charge in [-0.3, -0.25) is 4.79 Å². The van der Waals surface area contributed by atoms with Crippen LogP contribution in [0, 0.1) is 12.8 Å². The molecule has 0 spiro atoms. The second-order valence-corrected chi connectivity index (χ2v) is 5.02. The van der Waals surface area contributed by atoms with Crippen LogP contribution in [-0.4, -0.2) is 19.0 Å². The molecule has 100 valence electrons. The second-order valence-electron chi connectivity index (χ2n) is 5.02. The number of hydrogen-bond acceptors (Lipinski definition) is 3. The fraction of sp³-hybridized carbons (Fsp3) is 0.643. The van der Waals surface area contributed by atoms with Crippen LogP contribution in [0.25, 0.3) is 0 Å². The SMILES string of the molecule is Cc1ccc(CNC(=O)CCC2CCNCC2)o1. The summed E-state index contributed by atoms with van der Waals surface area (Å²) in [5, 5.41) is 6.24. The summed E-state index contributed by atoms with van der Waals surface area (Å²) >= 11 is 0. The van der Waals surface area contributed by atoms with Crippen molar-refractivity contribution in [1.29, 1.82) is 0 Å². The Morgan fingerprint density at radius 3 is 2.89 bits per heavy atom. The monoisotopic (exact) mass is 250 g/mol. The quantitative estimate of drug-likeness (QED) is 0.840. The van der Waals surface area contributed by atoms with E-state index in [0.29, 0.717) is 18.9 Å². The smallest absolute Gasteiger partial charge is 0.220 e. The molecule has 0 saturated carbocycles. The van der Waals surface area contributed by atoms with Gasteiger partial charge in [-0.1, -0.05) is 0 Å². The molecule has 2 rings (SSSR count). The molecule has 1 saturated heterocycles. The van der Waals surface area contributed by atoms with E-state index in [1.165, 1.54) is 12.8 Å². The van der Waals surface area contributed by atoms with Crippen molar-refractivity contribution in [2.75, 3.05) is 13.1 Å². The van der Waals surface area contributed by atoms with Gasteiger partial charge in [-0.05, 0) is 57.3 Å². The Morgan fingerprint density at radius 1 is 1.44 bits per heavy atom. The molecule has 1 aliphatic heterocycles. The molecular formula is C14H22N2O2. The molecule has 2 N–H and O–H groups in total. The predicted octanol–water partition coefficient (Wildman–Crippen LogP) is 1.98. The first-order valence-corrected chi connectivity index (χ1v) is 6.77. The second kappa shape index (κ2) is 6.59. The third-order valence-electron chi connectivity index (χ3n) is 3.49. The highest BCUT2D eigenvalue weighted by atomic mass is 16.3. The Kier molecular flexibility index (Phi) is 4.81. The normalized spacial score (nSPS) is 16.7. The molecule has 1 fully saturated rings. The van der Waals surface area contributed by atoms with Gasteiger partial charge in [-0.15, -0.1) is 0 Å². The minimum atomic E-state index is 0.127. The third kappa shape index (κ3) is 4.18. The largest absolute Gasteiger partial charge is 0.465 e. The lowest BCUT2D eigenvalue weighted by Gasteiger charge is -2.22. The number of amides is 1. The Bertz CT molecular complexity index is 381. The first-order chi connectivity index (χ1) is 8.74. The molecule has 2 heterocycles. The molecule has 4 heteroatoms. The Labute approximate surface area is 108 Å². The Morgan fingerprint density at radius 2 is 2.22 bits per heavy atom. The van der Waals surface area contributed by atoms with Crippen LogP contribution in [-0.2, 0) is 11.3 Å². The van der Waals surface area contributed by atoms with E-state index in [-0.39, 0.29) is 5.91 Å². The maximum atomic E-state index is 11.7. The fourth-order valence-electron chi connectivity index (χ4n) is 2.36. The summed E-state index contributed by atoms with van der Waals surface area (Å²) in [6.45, 7) is 4.59. The molecule has 18 heavy (non-hydrogen) atoms. The number of carbonyl (C=O) groups excluding carboxylic acids is 1. The van der Waals surface area contributed by atoms with Crippen LogP contribution in [0.15, 0.2) is 16.5 Å². The van der Waals surface area contributed by atoms with Gasteiger partial charge in [0.25, 0.3) is 0 Å². The minimum Gasteiger partial charge on any atom is -0.465 e. The van der Waals surface area contributed by atoms with Crippen molar-refractivity contribution >= 4 is 5.91 Å². The van der Waals surface area contributed by atoms with Crippen LogP contribution >= 0.6 is 0 Å². The molecule has 0 radical (unpaired) electrons. The van der Waals surface area contributed by atoms with Crippen LogP contribution in [0.4, 0.5) is 0 Å². The molecule has 0 unspecified atom stereocenters. The van der Waals surface area contributed by atoms with Crippen LogP contribution < -0.4 is 10.6 Å². The summed E-state index contributed by atoms with van der Waals surface area (Å²) in [4.78, 5) is 11.7. The minimum absolute atomic E-state index is 0.127. The van der Waals surface area contributed by atoms with Gasteiger partial charge in [0.2, 0.25) is 5.91 Å². The highest BCUT2D eigenvalue weighted by molar-refractivity contribution is 5.75. The van der Waals surface area contributed by atoms with Crippen LogP contribution in [0.2, 0.25) is 0 Å². The molecule has 0 aliphatic carbocycles. The van der Waals surface area contributed by atoms with Crippen molar-refractivity contribution in [2.45, 2.75) is 39.2 Å². The van der Waals surface area contributed by atoms with E-state index in [2.05, 4.69) is 10.6 Å². The zero-order valence-corrected chi connectivity index (χ0v) is 11.0. The maximum Gasteiger partial charge on any atom is 0.220 e. The lowest BCUT2D eigenvalue weighted by atomic mass is 9.93. The standard InChI is InChI=1S/C14H22N2O2/c1-11-2-4-13(18-11)10-16-14(17)5-3-12-6-8-15-9-7-12/h2,4,12,15H,3,5-10H2,1H3,(H,16,17). The summed E-state index contributed by atoms with van der Waals surface area (Å²) in [6, 6.07) is 3.82. The van der Waals surface area contributed by atoms with Gasteiger partial charge in [0.1, 0.15) is 11.5 Å². The van der Waals surface area contributed by atoms with E-state index in [4.69, 9.17) is 4.42 Å². The van der Waals surface area contributed by atoms with Crippen molar-refractivity contribution in [1.82, 2.24) is 10.6 Å². The highest BCUT2D eigenvalue weighted by Crippen LogP contribution is 2.17. The first kappa shape index (κ1) is 13.1. The number of furan rings is 1. The number of piperidine rings is 1. The average Bonchev–Trinajstić information content (AvgIpc) is 2.81. The van der Waals surface area contributed by atoms with Crippen molar-refractivity contribution in [3.63, 3.8) is 0 Å². The topological polar surface area (TPSA) is 54.3 Å². The Balaban J connectivity index is 1.62. The van der Waals surface area contributed by atoms with Crippen LogP contribution in [0.1, 0.15) is 37.2 Å². The third-order valence-corrected chi connectivity index (χ3v) is 3.49. The zero-order chi connectivity index (χ0) is 12.8. The first-order valence-electron chi connectivity index (χ1n) is 6.77. The molecule has 0 aromatic carbocycles. The lowest BCUT2D eigenvalue weighted by molar-refractivity contribution is -0.121. The maximum absolute atomic E-state index is 11.7. The van der Waals surface area contributed by atoms with Gasteiger partial charge in [-0.25, -0.2) is 0 Å². The number of carbonyl (C=O) groups is 1. The molecule has 0 atom stereocenters. The summed E-state index contributed by atoms with van der Waals surface area (Å²) in [5.74, 6) is 2.54. The molecular weight excluding hydrogens is 228 g/mol. The van der Waals surface area contributed by atoms with Gasteiger partial charge in [-0.2, -0.15) is 0 Å². The lowest BCUT2D eigenvalue weighted by Crippen LogP contribution is -2.29. The van der Waals surface area contributed by atoms with E-state index < -0.39 is 0 Å². The van der Waals surface area contributed by atoms with E-state index in [1.807, 2.05) is 19.1 Å². The highest BCUT2D eigenvalue weighted by Gasteiger charge is 2.14. The molecule has 1 aromatic heterocycles. The van der Waals surface area contributed by atoms with Crippen molar-refractivity contribution in [2.24, 2.45) is 5.92 Å². The molecule has 4 nitrogen and oxygen atoms in total. The molecule has 1 aliphatic rings. The number of nitrogens with one attached hydrogen (secondary N) is 2. The van der Waals surface area contributed by atoms with E-state index in [1.54, 1.807) is 0 Å². The summed E-state index contributed by atoms with van der Waals surface area (Å²) in [5.41, 5.74) is 0. The molecule has 1 amide bonds. The van der Waals surface area contributed by atoms with Crippen molar-refractivity contribution < 1.29 is 9.21 Å². The summed E-state index contributed by atoms with van der Waals surface area (Å²) in [6.07, 6.45) is 4.03. The fourth-order valence-corrected chi connectivity index (χ4v) is 2.36. The van der Waals surface area contributed by atoms with Crippen molar-refractivity contribution in [3.8, 4) is 0 Å². The number of aryl methyl sites for hydroxylation is 1. The number of rotatable bonds is 5.